The Balaban J connectivity index is 1.97. The van der Waals surface area contributed by atoms with Crippen LogP contribution in [-0.2, 0) is 9.63 Å². The molecule has 1 atom stereocenters. The zero-order valence-electron chi connectivity index (χ0n) is 14.7. The molecular weight excluding hydrogens is 334 g/mol. The average Bonchev–Trinajstić information content (AvgIpc) is 2.68. The van der Waals surface area contributed by atoms with Crippen molar-refractivity contribution >= 4 is 17.8 Å². The summed E-state index contributed by atoms with van der Waals surface area (Å²) >= 11 is 0. The van der Waals surface area contributed by atoms with Crippen LogP contribution in [0.5, 0.6) is 11.5 Å². The maximum absolute atomic E-state index is 12.2. The maximum Gasteiger partial charge on any atom is 0.268 e. The lowest BCUT2D eigenvalue weighted by atomic mass is 10.2. The number of hydrogen-bond acceptors (Lipinski definition) is 6. The summed E-state index contributed by atoms with van der Waals surface area (Å²) < 4.78 is 10.4. The molecule has 0 aliphatic heterocycles. The first-order valence-corrected chi connectivity index (χ1v) is 7.80. The van der Waals surface area contributed by atoms with E-state index in [0.29, 0.717) is 22.7 Å². The molecule has 2 aromatic rings. The van der Waals surface area contributed by atoms with Crippen LogP contribution in [0.25, 0.3) is 0 Å². The summed E-state index contributed by atoms with van der Waals surface area (Å²) in [4.78, 5) is 17.3. The Kier molecular flexibility index (Phi) is 6.57. The Bertz CT molecular complexity index is 843. The summed E-state index contributed by atoms with van der Waals surface area (Å²) in [5, 5.41) is 15.5. The molecule has 0 unspecified atom stereocenters. The van der Waals surface area contributed by atoms with Gasteiger partial charge in [-0.1, -0.05) is 17.3 Å². The Morgan fingerprint density at radius 2 is 1.92 bits per heavy atom. The normalized spacial score (nSPS) is 11.5. The summed E-state index contributed by atoms with van der Waals surface area (Å²) in [5.74, 6) is 0.766. The van der Waals surface area contributed by atoms with Crippen LogP contribution in [0.2, 0.25) is 0 Å². The van der Waals surface area contributed by atoms with Gasteiger partial charge in [-0.15, -0.1) is 0 Å². The summed E-state index contributed by atoms with van der Waals surface area (Å²) in [5.41, 5.74) is 1.53. The summed E-state index contributed by atoms with van der Waals surface area (Å²) in [6.45, 7) is 1.57. The van der Waals surface area contributed by atoms with Gasteiger partial charge in [0.2, 0.25) is 6.10 Å². The fourth-order valence-electron chi connectivity index (χ4n) is 2.09. The lowest BCUT2D eigenvalue weighted by Crippen LogP contribution is -2.26. The minimum Gasteiger partial charge on any atom is -0.493 e. The first kappa shape index (κ1) is 18.8. The van der Waals surface area contributed by atoms with Crippen molar-refractivity contribution in [3.05, 3.63) is 53.6 Å². The Morgan fingerprint density at radius 3 is 2.62 bits per heavy atom. The highest BCUT2D eigenvalue weighted by Gasteiger charge is 2.15. The van der Waals surface area contributed by atoms with Crippen LogP contribution in [0, 0.1) is 11.3 Å². The first-order valence-electron chi connectivity index (χ1n) is 7.80. The molecule has 0 heterocycles. The second kappa shape index (κ2) is 9.08. The van der Waals surface area contributed by atoms with Crippen molar-refractivity contribution in [1.82, 2.24) is 0 Å². The number of oxime groups is 1. The van der Waals surface area contributed by atoms with Crippen LogP contribution in [0.1, 0.15) is 18.1 Å². The molecule has 134 valence electrons. The average molecular weight is 353 g/mol. The molecule has 0 spiro atoms. The number of nitriles is 1. The summed E-state index contributed by atoms with van der Waals surface area (Å²) in [7, 11) is 3.10. The van der Waals surface area contributed by atoms with Gasteiger partial charge in [-0.2, -0.15) is 5.26 Å². The van der Waals surface area contributed by atoms with Crippen molar-refractivity contribution in [3.8, 4) is 17.6 Å². The van der Waals surface area contributed by atoms with E-state index in [1.807, 2.05) is 6.07 Å². The van der Waals surface area contributed by atoms with E-state index in [1.165, 1.54) is 6.21 Å². The molecule has 26 heavy (non-hydrogen) atoms. The molecule has 1 N–H and O–H groups in total. The number of methoxy groups -OCH3 is 2. The van der Waals surface area contributed by atoms with Gasteiger partial charge in [0.05, 0.1) is 31.7 Å². The Hall–Kier alpha value is -3.53. The van der Waals surface area contributed by atoms with Crippen LogP contribution in [-0.4, -0.2) is 32.4 Å². The van der Waals surface area contributed by atoms with Crippen LogP contribution in [0.15, 0.2) is 47.6 Å². The van der Waals surface area contributed by atoms with Gasteiger partial charge in [-0.05, 0) is 37.3 Å². The first-order chi connectivity index (χ1) is 12.6. The predicted octanol–water partition coefficient (Wildman–Crippen LogP) is 2.95. The number of rotatable bonds is 7. The van der Waals surface area contributed by atoms with E-state index in [1.54, 1.807) is 63.6 Å². The van der Waals surface area contributed by atoms with Crippen molar-refractivity contribution < 1.29 is 19.1 Å². The second-order valence-corrected chi connectivity index (χ2v) is 5.24. The molecule has 7 heteroatoms. The highest BCUT2D eigenvalue weighted by molar-refractivity contribution is 5.95. The van der Waals surface area contributed by atoms with Gasteiger partial charge >= 0.3 is 0 Å². The number of carbonyl (C=O) groups is 1. The molecule has 1 amide bonds. The minimum atomic E-state index is -0.835. The van der Waals surface area contributed by atoms with E-state index >= 15 is 0 Å². The smallest absolute Gasteiger partial charge is 0.268 e. The minimum absolute atomic E-state index is 0.377. The predicted molar refractivity (Wildman–Crippen MR) is 97.5 cm³/mol. The molecule has 0 saturated heterocycles. The van der Waals surface area contributed by atoms with E-state index in [-0.39, 0.29) is 0 Å². The lowest BCUT2D eigenvalue weighted by Gasteiger charge is -2.11. The van der Waals surface area contributed by atoms with E-state index in [4.69, 9.17) is 19.6 Å². The largest absolute Gasteiger partial charge is 0.493 e. The Morgan fingerprint density at radius 1 is 1.19 bits per heavy atom. The van der Waals surface area contributed by atoms with Gasteiger partial charge in [0, 0.05) is 5.56 Å². The molecule has 2 rings (SSSR count). The van der Waals surface area contributed by atoms with E-state index < -0.39 is 12.0 Å². The number of anilines is 1. The SMILES string of the molecule is COc1ccc(/C=N\O[C@H](C)C(=O)Nc2ccccc2C#N)cc1OC. The number of benzene rings is 2. The third kappa shape index (κ3) is 4.74. The molecule has 0 radical (unpaired) electrons. The molecule has 2 aromatic carbocycles. The molecule has 7 nitrogen and oxygen atoms in total. The summed E-state index contributed by atoms with van der Waals surface area (Å²) in [6, 6.07) is 14.0. The van der Waals surface area contributed by atoms with E-state index in [9.17, 15) is 4.79 Å². The zero-order chi connectivity index (χ0) is 18.9. The monoisotopic (exact) mass is 353 g/mol. The Labute approximate surface area is 151 Å². The van der Waals surface area contributed by atoms with Gasteiger partial charge in [-0.25, -0.2) is 0 Å². The number of nitrogens with one attached hydrogen (secondary N) is 1. The van der Waals surface area contributed by atoms with Crippen molar-refractivity contribution in [2.75, 3.05) is 19.5 Å². The maximum atomic E-state index is 12.2. The lowest BCUT2D eigenvalue weighted by molar-refractivity contribution is -0.126. The molecular formula is C19H19N3O4. The van der Waals surface area contributed by atoms with Gasteiger partial charge in [0.1, 0.15) is 6.07 Å². The van der Waals surface area contributed by atoms with Gasteiger partial charge in [0.25, 0.3) is 5.91 Å². The third-order valence-electron chi connectivity index (χ3n) is 3.50. The molecule has 0 fully saturated rings. The number of amides is 1. The van der Waals surface area contributed by atoms with E-state index in [2.05, 4.69) is 10.5 Å². The highest BCUT2D eigenvalue weighted by Crippen LogP contribution is 2.26. The van der Waals surface area contributed by atoms with E-state index in [0.717, 1.165) is 5.56 Å². The fraction of sp³-hybridized carbons (Fsp3) is 0.211. The van der Waals surface area contributed by atoms with Crippen LogP contribution in [0.4, 0.5) is 5.69 Å². The molecule has 0 bridgehead atoms. The van der Waals surface area contributed by atoms with Crippen LogP contribution >= 0.6 is 0 Å². The van der Waals surface area contributed by atoms with Crippen molar-refractivity contribution in [1.29, 1.82) is 5.26 Å². The molecule has 0 saturated carbocycles. The number of nitrogens with zero attached hydrogens (tertiary/aromatic N) is 2. The number of ether oxygens (including phenoxy) is 2. The molecule has 0 aromatic heterocycles. The molecule has 0 aliphatic rings. The number of para-hydroxylation sites is 1. The highest BCUT2D eigenvalue weighted by atomic mass is 16.6. The molecule has 0 aliphatic carbocycles. The van der Waals surface area contributed by atoms with Crippen molar-refractivity contribution in [2.45, 2.75) is 13.0 Å². The zero-order valence-corrected chi connectivity index (χ0v) is 14.7. The van der Waals surface area contributed by atoms with Crippen molar-refractivity contribution in [2.24, 2.45) is 5.16 Å². The van der Waals surface area contributed by atoms with Crippen molar-refractivity contribution in [3.63, 3.8) is 0 Å². The standard InChI is InChI=1S/C19H19N3O4/c1-13(19(23)22-16-7-5-4-6-15(16)11-20)26-21-12-14-8-9-17(24-2)18(10-14)25-3/h4-10,12-13H,1-3H3,(H,22,23)/b21-12-/t13-/m1/s1. The second-order valence-electron chi connectivity index (χ2n) is 5.24. The number of carbonyl (C=O) groups excluding carboxylic acids is 1. The summed E-state index contributed by atoms with van der Waals surface area (Å²) in [6.07, 6.45) is 0.632. The topological polar surface area (TPSA) is 92.9 Å². The van der Waals surface area contributed by atoms with Gasteiger partial charge in [-0.3, -0.25) is 4.79 Å². The van der Waals surface area contributed by atoms with Gasteiger partial charge < -0.3 is 19.6 Å². The third-order valence-corrected chi connectivity index (χ3v) is 3.50. The quantitative estimate of drug-likeness (QED) is 0.610. The fourth-order valence-corrected chi connectivity index (χ4v) is 2.09. The van der Waals surface area contributed by atoms with Crippen LogP contribution < -0.4 is 14.8 Å². The van der Waals surface area contributed by atoms with Gasteiger partial charge in [0.15, 0.2) is 11.5 Å². The van der Waals surface area contributed by atoms with Crippen LogP contribution in [0.3, 0.4) is 0 Å². The number of hydrogen-bond donors (Lipinski definition) is 1.